The van der Waals surface area contributed by atoms with Gasteiger partial charge in [0.2, 0.25) is 0 Å². The molecule has 2 aromatic rings. The highest BCUT2D eigenvalue weighted by molar-refractivity contribution is 8.13. The maximum Gasteiger partial charge on any atom is 0.337 e. The summed E-state index contributed by atoms with van der Waals surface area (Å²) in [5, 5.41) is 18.3. The fourth-order valence-corrected chi connectivity index (χ4v) is 3.89. The maximum absolute atomic E-state index is 13.0. The van der Waals surface area contributed by atoms with Crippen LogP contribution in [0.5, 0.6) is 0 Å². The number of hydrogen-bond acceptors (Lipinski definition) is 10. The number of hydrogen-bond donors (Lipinski definition) is 3. The van der Waals surface area contributed by atoms with E-state index < -0.39 is 17.9 Å². The second-order valence-electron chi connectivity index (χ2n) is 6.50. The fourth-order valence-electron chi connectivity index (χ4n) is 3.37. The number of esters is 2. The minimum Gasteiger partial charge on any atom is -0.466 e. The SMILES string of the molecule is C=CCOC(=O)C1=C(C)NC(CSC(=N)N)=C(C(=O)OC)C1c1cccc2nonc12.Cl. The number of nitrogens with one attached hydrogen (secondary N) is 2. The molecule has 0 amide bonds. The summed E-state index contributed by atoms with van der Waals surface area (Å²) in [5.41, 5.74) is 8.23. The zero-order chi connectivity index (χ0) is 22.5. The average Bonchev–Trinajstić information content (AvgIpc) is 3.23. The van der Waals surface area contributed by atoms with Crippen molar-refractivity contribution >= 4 is 52.3 Å². The minimum absolute atomic E-state index is 0. The van der Waals surface area contributed by atoms with Crippen molar-refractivity contribution < 1.29 is 23.7 Å². The zero-order valence-corrected chi connectivity index (χ0v) is 19.0. The molecule has 1 aromatic heterocycles. The number of ether oxygens (including phenoxy) is 2. The smallest absolute Gasteiger partial charge is 0.337 e. The molecule has 3 rings (SSSR count). The molecule has 0 bridgehead atoms. The maximum atomic E-state index is 13.0. The van der Waals surface area contributed by atoms with Gasteiger partial charge < -0.3 is 20.5 Å². The van der Waals surface area contributed by atoms with Crippen LogP contribution in [0.25, 0.3) is 11.0 Å². The Labute approximate surface area is 194 Å². The molecule has 10 nitrogen and oxygen atoms in total. The number of rotatable bonds is 7. The summed E-state index contributed by atoms with van der Waals surface area (Å²) in [6.07, 6.45) is 1.45. The van der Waals surface area contributed by atoms with E-state index in [9.17, 15) is 9.59 Å². The summed E-state index contributed by atoms with van der Waals surface area (Å²) in [7, 11) is 1.25. The van der Waals surface area contributed by atoms with E-state index in [0.717, 1.165) is 11.8 Å². The van der Waals surface area contributed by atoms with Crippen LogP contribution in [0.4, 0.5) is 0 Å². The first-order chi connectivity index (χ1) is 14.9. The first-order valence-electron chi connectivity index (χ1n) is 9.14. The molecule has 32 heavy (non-hydrogen) atoms. The Morgan fingerprint density at radius 3 is 2.75 bits per heavy atom. The highest BCUT2D eigenvalue weighted by Gasteiger charge is 2.40. The third-order valence-electron chi connectivity index (χ3n) is 4.60. The lowest BCUT2D eigenvalue weighted by molar-refractivity contribution is -0.138. The topological polar surface area (TPSA) is 153 Å². The third-order valence-corrected chi connectivity index (χ3v) is 5.35. The number of halogens is 1. The van der Waals surface area contributed by atoms with Crippen molar-refractivity contribution in [1.82, 2.24) is 15.6 Å². The minimum atomic E-state index is -0.871. The van der Waals surface area contributed by atoms with E-state index in [2.05, 4.69) is 22.2 Å². The van der Waals surface area contributed by atoms with Crippen LogP contribution in [0.3, 0.4) is 0 Å². The number of fused-ring (bicyclic) bond motifs is 1. The molecule has 0 spiro atoms. The number of aromatic nitrogens is 2. The van der Waals surface area contributed by atoms with Crippen LogP contribution in [0, 0.1) is 5.41 Å². The van der Waals surface area contributed by atoms with Gasteiger partial charge in [-0.3, -0.25) is 5.41 Å². The van der Waals surface area contributed by atoms with Gasteiger partial charge in [-0.05, 0) is 28.9 Å². The summed E-state index contributed by atoms with van der Waals surface area (Å²) in [6.45, 7) is 5.26. The number of carbonyl (C=O) groups is 2. The van der Waals surface area contributed by atoms with Crippen LogP contribution in [0.2, 0.25) is 0 Å². The molecule has 0 aliphatic carbocycles. The van der Waals surface area contributed by atoms with Crippen molar-refractivity contribution in [2.75, 3.05) is 19.5 Å². The number of methoxy groups -OCH3 is 1. The predicted octanol–water partition coefficient (Wildman–Crippen LogP) is 2.39. The Morgan fingerprint density at radius 1 is 1.34 bits per heavy atom. The highest BCUT2D eigenvalue weighted by Crippen LogP contribution is 2.41. The van der Waals surface area contributed by atoms with E-state index in [1.807, 2.05) is 0 Å². The van der Waals surface area contributed by atoms with Gasteiger partial charge in [-0.2, -0.15) is 0 Å². The molecule has 0 saturated heterocycles. The van der Waals surface area contributed by atoms with Gasteiger partial charge in [0.05, 0.1) is 24.2 Å². The molecule has 4 N–H and O–H groups in total. The molecule has 1 aliphatic heterocycles. The number of nitrogens with zero attached hydrogens (tertiary/aromatic N) is 2. The highest BCUT2D eigenvalue weighted by atomic mass is 35.5. The number of dihydropyridines is 1. The van der Waals surface area contributed by atoms with E-state index in [4.69, 9.17) is 25.2 Å². The number of carbonyl (C=O) groups excluding carboxylic acids is 2. The monoisotopic (exact) mass is 479 g/mol. The van der Waals surface area contributed by atoms with Crippen LogP contribution >= 0.6 is 24.2 Å². The van der Waals surface area contributed by atoms with Crippen molar-refractivity contribution in [2.45, 2.75) is 12.8 Å². The molecular formula is C20H22ClN5O5S. The Bertz CT molecular complexity index is 1130. The fraction of sp³-hybridized carbons (Fsp3) is 0.250. The molecule has 1 atom stereocenters. The van der Waals surface area contributed by atoms with Gasteiger partial charge in [0, 0.05) is 17.1 Å². The van der Waals surface area contributed by atoms with Crippen molar-refractivity contribution in [1.29, 1.82) is 5.41 Å². The average molecular weight is 480 g/mol. The van der Waals surface area contributed by atoms with Crippen molar-refractivity contribution in [3.8, 4) is 0 Å². The molecule has 2 heterocycles. The van der Waals surface area contributed by atoms with E-state index in [0.29, 0.717) is 28.0 Å². The van der Waals surface area contributed by atoms with Gasteiger partial charge >= 0.3 is 11.9 Å². The first kappa shape index (κ1) is 25.0. The normalized spacial score (nSPS) is 15.6. The van der Waals surface area contributed by atoms with E-state index in [1.54, 1.807) is 25.1 Å². The standard InChI is InChI=1S/C20H21N5O5S.ClH/c1-4-8-29-19(27)14-10(2)23-13(9-31-20(21)22)16(18(26)28-3)15(14)11-6-5-7-12-17(11)25-30-24-12;/h4-7,15,23H,1,8-9H2,2-3H3,(H3,21,22);1H. The largest absolute Gasteiger partial charge is 0.466 e. The van der Waals surface area contributed by atoms with Crippen molar-refractivity contribution in [2.24, 2.45) is 5.73 Å². The number of allylic oxidation sites excluding steroid dienone is 1. The lowest BCUT2D eigenvalue weighted by atomic mass is 9.80. The molecule has 1 aromatic carbocycles. The van der Waals surface area contributed by atoms with E-state index in [-0.39, 0.29) is 41.1 Å². The number of benzene rings is 1. The van der Waals surface area contributed by atoms with Crippen LogP contribution in [-0.4, -0.2) is 46.9 Å². The van der Waals surface area contributed by atoms with Gasteiger partial charge in [-0.15, -0.1) is 12.4 Å². The quantitative estimate of drug-likeness (QED) is 0.233. The molecule has 12 heteroatoms. The summed E-state index contributed by atoms with van der Waals surface area (Å²) in [5.74, 6) is -1.95. The van der Waals surface area contributed by atoms with Crippen LogP contribution in [0.1, 0.15) is 18.4 Å². The molecule has 1 aliphatic rings. The summed E-state index contributed by atoms with van der Waals surface area (Å²) in [4.78, 5) is 25.9. The summed E-state index contributed by atoms with van der Waals surface area (Å²) in [6, 6.07) is 5.16. The molecule has 0 radical (unpaired) electrons. The van der Waals surface area contributed by atoms with Gasteiger partial charge in [-0.25, -0.2) is 14.2 Å². The Kier molecular flexibility index (Phi) is 8.44. The second-order valence-corrected chi connectivity index (χ2v) is 7.52. The molecule has 0 fully saturated rings. The van der Waals surface area contributed by atoms with Crippen LogP contribution in [-0.2, 0) is 19.1 Å². The first-order valence-corrected chi connectivity index (χ1v) is 10.1. The van der Waals surface area contributed by atoms with Gasteiger partial charge in [-0.1, -0.05) is 36.5 Å². The number of amidine groups is 1. The van der Waals surface area contributed by atoms with Gasteiger partial charge in [0.25, 0.3) is 0 Å². The lowest BCUT2D eigenvalue weighted by Crippen LogP contribution is -2.34. The van der Waals surface area contributed by atoms with Crippen molar-refractivity contribution in [3.05, 3.63) is 59.0 Å². The Morgan fingerprint density at radius 2 is 2.09 bits per heavy atom. The second kappa shape index (κ2) is 10.8. The molecule has 0 saturated carbocycles. The van der Waals surface area contributed by atoms with Gasteiger partial charge in [0.15, 0.2) is 5.17 Å². The Balaban J connectivity index is 0.00000363. The summed E-state index contributed by atoms with van der Waals surface area (Å²) >= 11 is 1.03. The van der Waals surface area contributed by atoms with E-state index >= 15 is 0 Å². The third kappa shape index (κ3) is 4.94. The van der Waals surface area contributed by atoms with Gasteiger partial charge in [0.1, 0.15) is 17.6 Å². The molecular weight excluding hydrogens is 458 g/mol. The van der Waals surface area contributed by atoms with Crippen molar-refractivity contribution in [3.63, 3.8) is 0 Å². The van der Waals surface area contributed by atoms with Crippen LogP contribution < -0.4 is 11.1 Å². The lowest BCUT2D eigenvalue weighted by Gasteiger charge is -2.31. The Hall–Kier alpha value is -3.31. The number of thioether (sulfide) groups is 1. The molecule has 1 unspecified atom stereocenters. The predicted molar refractivity (Wildman–Crippen MR) is 122 cm³/mol. The summed E-state index contributed by atoms with van der Waals surface area (Å²) < 4.78 is 15.2. The molecule has 170 valence electrons. The zero-order valence-electron chi connectivity index (χ0n) is 17.3. The van der Waals surface area contributed by atoms with Crippen LogP contribution in [0.15, 0.2) is 58.0 Å². The number of nitrogens with two attached hydrogens (primary N) is 1. The van der Waals surface area contributed by atoms with E-state index in [1.165, 1.54) is 13.2 Å².